The lowest BCUT2D eigenvalue weighted by Gasteiger charge is -2.01. The van der Waals surface area contributed by atoms with E-state index >= 15 is 0 Å². The number of cyclic esters (lactones) is 1. The molecule has 1 N–H and O–H groups in total. The average Bonchev–Trinajstić information content (AvgIpc) is 2.10. The maximum absolute atomic E-state index is 12.2. The molecule has 0 fully saturated rings. The van der Waals surface area contributed by atoms with Gasteiger partial charge in [-0.15, -0.1) is 0 Å². The van der Waals surface area contributed by atoms with Crippen molar-refractivity contribution in [1.82, 2.24) is 0 Å². The standard InChI is InChI=1S/C6H5FO4/c7-4-1-3(2-5(8)9)11-6(4)10/h1,3H,2H2,(H,8,9)/t3-/m0/s1. The molecule has 0 bridgehead atoms. The first-order chi connectivity index (χ1) is 5.09. The van der Waals surface area contributed by atoms with E-state index in [-0.39, 0.29) is 6.42 Å². The van der Waals surface area contributed by atoms with Crippen LogP contribution >= 0.6 is 0 Å². The molecule has 1 atom stereocenters. The smallest absolute Gasteiger partial charge is 0.367 e. The van der Waals surface area contributed by atoms with Crippen LogP contribution in [0.4, 0.5) is 4.39 Å². The number of aliphatic carboxylic acids is 1. The van der Waals surface area contributed by atoms with E-state index < -0.39 is 23.9 Å². The first-order valence-corrected chi connectivity index (χ1v) is 2.89. The second-order valence-corrected chi connectivity index (χ2v) is 2.06. The lowest BCUT2D eigenvalue weighted by Crippen LogP contribution is -2.12. The fourth-order valence-electron chi connectivity index (χ4n) is 0.732. The Morgan fingerprint density at radius 3 is 2.82 bits per heavy atom. The molecule has 0 aromatic heterocycles. The van der Waals surface area contributed by atoms with Crippen LogP contribution in [0.2, 0.25) is 0 Å². The Balaban J connectivity index is 2.54. The number of carboxylic acids is 1. The number of hydrogen-bond acceptors (Lipinski definition) is 3. The minimum Gasteiger partial charge on any atom is -0.481 e. The molecule has 11 heavy (non-hydrogen) atoms. The molecule has 1 aliphatic heterocycles. The summed E-state index contributed by atoms with van der Waals surface area (Å²) in [5.74, 6) is -3.23. The topological polar surface area (TPSA) is 63.6 Å². The van der Waals surface area contributed by atoms with Crippen LogP contribution in [-0.4, -0.2) is 23.1 Å². The molecule has 0 saturated carbocycles. The van der Waals surface area contributed by atoms with Gasteiger partial charge in [-0.3, -0.25) is 4.79 Å². The minimum absolute atomic E-state index is 0.390. The summed E-state index contributed by atoms with van der Waals surface area (Å²) in [5, 5.41) is 8.20. The third-order valence-electron chi connectivity index (χ3n) is 1.16. The van der Waals surface area contributed by atoms with Crippen molar-refractivity contribution >= 4 is 11.9 Å². The quantitative estimate of drug-likeness (QED) is 0.587. The van der Waals surface area contributed by atoms with Crippen molar-refractivity contribution in [3.05, 3.63) is 11.9 Å². The van der Waals surface area contributed by atoms with Crippen LogP contribution in [0.1, 0.15) is 6.42 Å². The molecule has 1 aliphatic rings. The Morgan fingerprint density at radius 2 is 2.45 bits per heavy atom. The number of esters is 1. The molecule has 0 aromatic rings. The van der Waals surface area contributed by atoms with E-state index in [4.69, 9.17) is 5.11 Å². The highest BCUT2D eigenvalue weighted by Crippen LogP contribution is 2.16. The van der Waals surface area contributed by atoms with Crippen molar-refractivity contribution in [2.45, 2.75) is 12.5 Å². The van der Waals surface area contributed by atoms with Gasteiger partial charge in [0.2, 0.25) is 5.83 Å². The van der Waals surface area contributed by atoms with E-state index in [1.54, 1.807) is 0 Å². The van der Waals surface area contributed by atoms with Crippen LogP contribution in [-0.2, 0) is 14.3 Å². The second-order valence-electron chi connectivity index (χ2n) is 2.06. The van der Waals surface area contributed by atoms with Crippen molar-refractivity contribution < 1.29 is 23.8 Å². The van der Waals surface area contributed by atoms with Gasteiger partial charge in [0.25, 0.3) is 0 Å². The number of carboxylic acid groups (broad SMARTS) is 1. The molecule has 60 valence electrons. The molecular formula is C6H5FO4. The lowest BCUT2D eigenvalue weighted by molar-refractivity contribution is -0.145. The molecule has 5 heteroatoms. The van der Waals surface area contributed by atoms with E-state index in [1.165, 1.54) is 0 Å². The first kappa shape index (κ1) is 7.71. The predicted molar refractivity (Wildman–Crippen MR) is 31.3 cm³/mol. The third kappa shape index (κ3) is 1.76. The monoisotopic (exact) mass is 160 g/mol. The van der Waals surface area contributed by atoms with E-state index in [9.17, 15) is 14.0 Å². The zero-order valence-electron chi connectivity index (χ0n) is 5.41. The van der Waals surface area contributed by atoms with Gasteiger partial charge >= 0.3 is 11.9 Å². The highest BCUT2D eigenvalue weighted by atomic mass is 19.1. The number of hydrogen-bond donors (Lipinski definition) is 1. The van der Waals surface area contributed by atoms with Crippen LogP contribution in [0.25, 0.3) is 0 Å². The number of halogens is 1. The van der Waals surface area contributed by atoms with Crippen LogP contribution in [0.5, 0.6) is 0 Å². The summed E-state index contributed by atoms with van der Waals surface area (Å²) in [4.78, 5) is 20.3. The van der Waals surface area contributed by atoms with Crippen molar-refractivity contribution in [3.8, 4) is 0 Å². The number of carbonyl (C=O) groups is 2. The molecule has 0 saturated heterocycles. The Kier molecular flexibility index (Phi) is 1.89. The van der Waals surface area contributed by atoms with Gasteiger partial charge in [-0.1, -0.05) is 0 Å². The molecular weight excluding hydrogens is 155 g/mol. The summed E-state index contributed by atoms with van der Waals surface area (Å²) in [5.41, 5.74) is 0. The Hall–Kier alpha value is -1.39. The molecule has 0 unspecified atom stereocenters. The van der Waals surface area contributed by atoms with Crippen LogP contribution < -0.4 is 0 Å². The molecule has 1 heterocycles. The van der Waals surface area contributed by atoms with Gasteiger partial charge in [-0.05, 0) is 6.08 Å². The zero-order chi connectivity index (χ0) is 8.43. The van der Waals surface area contributed by atoms with Gasteiger partial charge in [0.05, 0.1) is 6.42 Å². The van der Waals surface area contributed by atoms with E-state index in [2.05, 4.69) is 4.74 Å². The number of ether oxygens (including phenoxy) is 1. The highest BCUT2D eigenvalue weighted by molar-refractivity contribution is 5.89. The Labute approximate surface area is 61.3 Å². The predicted octanol–water partition coefficient (Wildman–Crippen LogP) is 0.240. The van der Waals surface area contributed by atoms with Crippen molar-refractivity contribution in [1.29, 1.82) is 0 Å². The van der Waals surface area contributed by atoms with Crippen molar-refractivity contribution in [3.63, 3.8) is 0 Å². The maximum atomic E-state index is 12.2. The van der Waals surface area contributed by atoms with Crippen molar-refractivity contribution in [2.24, 2.45) is 0 Å². The normalized spacial score (nSPS) is 22.8. The summed E-state index contributed by atoms with van der Waals surface area (Å²) in [7, 11) is 0. The average molecular weight is 160 g/mol. The fraction of sp³-hybridized carbons (Fsp3) is 0.333. The molecule has 1 rings (SSSR count). The van der Waals surface area contributed by atoms with Gasteiger partial charge in [-0.2, -0.15) is 4.39 Å². The van der Waals surface area contributed by atoms with Crippen molar-refractivity contribution in [2.75, 3.05) is 0 Å². The summed E-state index contributed by atoms with van der Waals surface area (Å²) in [6.07, 6.45) is -0.477. The summed E-state index contributed by atoms with van der Waals surface area (Å²) in [6.45, 7) is 0. The number of carbonyl (C=O) groups excluding carboxylic acids is 1. The minimum atomic E-state index is -1.13. The first-order valence-electron chi connectivity index (χ1n) is 2.89. The maximum Gasteiger partial charge on any atom is 0.367 e. The van der Waals surface area contributed by atoms with Crippen LogP contribution in [0.3, 0.4) is 0 Å². The largest absolute Gasteiger partial charge is 0.481 e. The van der Waals surface area contributed by atoms with E-state index in [0.29, 0.717) is 0 Å². The number of rotatable bonds is 2. The van der Waals surface area contributed by atoms with Gasteiger partial charge in [0.1, 0.15) is 6.10 Å². The SMILES string of the molecule is O=C(O)C[C@@H]1C=C(F)C(=O)O1. The van der Waals surface area contributed by atoms with E-state index in [0.717, 1.165) is 6.08 Å². The van der Waals surface area contributed by atoms with E-state index in [1.807, 2.05) is 0 Å². The summed E-state index contributed by atoms with van der Waals surface area (Å²) >= 11 is 0. The summed E-state index contributed by atoms with van der Waals surface area (Å²) < 4.78 is 16.5. The molecule has 0 amide bonds. The second kappa shape index (κ2) is 2.69. The molecule has 0 radical (unpaired) electrons. The molecule has 0 aromatic carbocycles. The van der Waals surface area contributed by atoms with Crippen LogP contribution in [0, 0.1) is 0 Å². The molecule has 0 spiro atoms. The fourth-order valence-corrected chi connectivity index (χ4v) is 0.732. The zero-order valence-corrected chi connectivity index (χ0v) is 5.41. The molecule has 0 aliphatic carbocycles. The van der Waals surface area contributed by atoms with Gasteiger partial charge in [-0.25, -0.2) is 4.79 Å². The Bertz CT molecular complexity index is 233. The van der Waals surface area contributed by atoms with Gasteiger partial charge in [0.15, 0.2) is 0 Å². The van der Waals surface area contributed by atoms with Gasteiger partial charge in [0, 0.05) is 0 Å². The molecule has 4 nitrogen and oxygen atoms in total. The highest BCUT2D eigenvalue weighted by Gasteiger charge is 2.26. The Morgan fingerprint density at radius 1 is 1.82 bits per heavy atom. The third-order valence-corrected chi connectivity index (χ3v) is 1.16. The van der Waals surface area contributed by atoms with Gasteiger partial charge < -0.3 is 9.84 Å². The van der Waals surface area contributed by atoms with Crippen LogP contribution in [0.15, 0.2) is 11.9 Å². The summed E-state index contributed by atoms with van der Waals surface area (Å²) in [6, 6.07) is 0. The lowest BCUT2D eigenvalue weighted by atomic mass is 10.2.